The second-order valence-corrected chi connectivity index (χ2v) is 4.35. The highest BCUT2D eigenvalue weighted by molar-refractivity contribution is 5.71. The molecular weight excluding hydrogens is 236 g/mol. The Morgan fingerprint density at radius 2 is 2.56 bits per heavy atom. The minimum absolute atomic E-state index is 0.382. The molecule has 2 atom stereocenters. The number of nitrogens with zero attached hydrogens (tertiary/aromatic N) is 2. The van der Waals surface area contributed by atoms with Gasteiger partial charge in [-0.2, -0.15) is 5.10 Å². The number of hydrogen-bond acceptors (Lipinski definition) is 4. The number of rotatable bonds is 6. The lowest BCUT2D eigenvalue weighted by Gasteiger charge is -2.16. The van der Waals surface area contributed by atoms with Gasteiger partial charge in [0.2, 0.25) is 0 Å². The molecule has 0 amide bonds. The van der Waals surface area contributed by atoms with Crippen LogP contribution in [0.3, 0.4) is 0 Å². The monoisotopic (exact) mass is 254 g/mol. The zero-order chi connectivity index (χ0) is 13.0. The summed E-state index contributed by atoms with van der Waals surface area (Å²) in [7, 11) is 1.66. The van der Waals surface area contributed by atoms with Crippen molar-refractivity contribution in [1.29, 1.82) is 0 Å². The number of methoxy groups -OCH3 is 1. The van der Waals surface area contributed by atoms with Gasteiger partial charge in [0.25, 0.3) is 0 Å². The summed E-state index contributed by atoms with van der Waals surface area (Å²) in [6, 6.07) is 1.83. The second-order valence-electron chi connectivity index (χ2n) is 4.35. The van der Waals surface area contributed by atoms with Gasteiger partial charge in [0, 0.05) is 33.1 Å². The maximum atomic E-state index is 11.1. The van der Waals surface area contributed by atoms with Crippen molar-refractivity contribution in [3.63, 3.8) is 0 Å². The molecule has 0 bridgehead atoms. The van der Waals surface area contributed by atoms with Gasteiger partial charge in [-0.15, -0.1) is 0 Å². The van der Waals surface area contributed by atoms with E-state index >= 15 is 0 Å². The van der Waals surface area contributed by atoms with Gasteiger partial charge in [-0.3, -0.25) is 9.48 Å². The average molecular weight is 254 g/mol. The lowest BCUT2D eigenvalue weighted by molar-refractivity contribution is -0.143. The summed E-state index contributed by atoms with van der Waals surface area (Å²) in [4.78, 5) is 11.1. The summed E-state index contributed by atoms with van der Waals surface area (Å²) in [6.07, 6.45) is 2.70. The van der Waals surface area contributed by atoms with E-state index in [-0.39, 0.29) is 6.10 Å². The van der Waals surface area contributed by atoms with Gasteiger partial charge in [-0.1, -0.05) is 0 Å². The number of ether oxygens (including phenoxy) is 2. The molecular formula is C12H18N2O4. The first-order chi connectivity index (χ1) is 8.74. The van der Waals surface area contributed by atoms with Crippen LogP contribution in [0.25, 0.3) is 0 Å². The van der Waals surface area contributed by atoms with E-state index < -0.39 is 11.9 Å². The van der Waals surface area contributed by atoms with Gasteiger partial charge >= 0.3 is 5.97 Å². The first kappa shape index (κ1) is 13.0. The molecule has 0 radical (unpaired) electrons. The molecule has 1 aromatic rings. The largest absolute Gasteiger partial charge is 0.481 e. The van der Waals surface area contributed by atoms with Crippen molar-refractivity contribution in [2.45, 2.75) is 25.5 Å². The van der Waals surface area contributed by atoms with Gasteiger partial charge in [-0.25, -0.2) is 0 Å². The number of aryl methyl sites for hydroxylation is 1. The van der Waals surface area contributed by atoms with Crippen molar-refractivity contribution in [2.75, 3.05) is 20.3 Å². The predicted octanol–water partition coefficient (Wildman–Crippen LogP) is 1.08. The second kappa shape index (κ2) is 5.97. The fraction of sp³-hybridized carbons (Fsp3) is 0.667. The molecule has 1 N–H and O–H groups in total. The Balaban J connectivity index is 2.08. The number of carbonyl (C=O) groups is 1. The first-order valence-electron chi connectivity index (χ1n) is 6.09. The molecule has 1 aliphatic heterocycles. The average Bonchev–Trinajstić information content (AvgIpc) is 2.96. The highest BCUT2D eigenvalue weighted by Crippen LogP contribution is 2.34. The first-order valence-corrected chi connectivity index (χ1v) is 6.09. The van der Waals surface area contributed by atoms with Crippen molar-refractivity contribution in [3.8, 4) is 0 Å². The van der Waals surface area contributed by atoms with Crippen LogP contribution >= 0.6 is 0 Å². The molecule has 1 fully saturated rings. The van der Waals surface area contributed by atoms with E-state index in [0.29, 0.717) is 26.2 Å². The van der Waals surface area contributed by atoms with Gasteiger partial charge < -0.3 is 14.6 Å². The fourth-order valence-corrected chi connectivity index (χ4v) is 2.26. The van der Waals surface area contributed by atoms with Crippen molar-refractivity contribution in [1.82, 2.24) is 9.78 Å². The van der Waals surface area contributed by atoms with Gasteiger partial charge in [-0.05, 0) is 18.9 Å². The highest BCUT2D eigenvalue weighted by atomic mass is 16.5. The lowest BCUT2D eigenvalue weighted by atomic mass is 9.99. The summed E-state index contributed by atoms with van der Waals surface area (Å²) < 4.78 is 12.4. The highest BCUT2D eigenvalue weighted by Gasteiger charge is 2.36. The normalized spacial score (nSPS) is 23.4. The van der Waals surface area contributed by atoms with Crippen LogP contribution in [-0.2, 0) is 20.8 Å². The zero-order valence-corrected chi connectivity index (χ0v) is 10.4. The Kier molecular flexibility index (Phi) is 4.33. The number of aromatic nitrogens is 2. The molecule has 2 heterocycles. The summed E-state index contributed by atoms with van der Waals surface area (Å²) in [6.45, 7) is 1.86. The molecule has 0 saturated carbocycles. The molecule has 100 valence electrons. The Morgan fingerprint density at radius 3 is 3.28 bits per heavy atom. The standard InChI is InChI=1S/C12H18N2O4/c1-17-7-2-6-14-10(3-5-13-14)11-9(12(15)16)4-8-18-11/h3,5,9,11H,2,4,6-8H2,1H3,(H,15,16)/t9-,11+/m1/s1. The van der Waals surface area contributed by atoms with Crippen molar-refractivity contribution in [2.24, 2.45) is 5.92 Å². The summed E-state index contributed by atoms with van der Waals surface area (Å²) in [5, 5.41) is 13.4. The molecule has 0 aliphatic carbocycles. The quantitative estimate of drug-likeness (QED) is 0.769. The minimum Gasteiger partial charge on any atom is -0.481 e. The smallest absolute Gasteiger partial charge is 0.309 e. The third-order valence-corrected chi connectivity index (χ3v) is 3.17. The topological polar surface area (TPSA) is 73.6 Å². The van der Waals surface area contributed by atoms with Crippen LogP contribution in [0.5, 0.6) is 0 Å². The van der Waals surface area contributed by atoms with Gasteiger partial charge in [0.05, 0.1) is 11.6 Å². The van der Waals surface area contributed by atoms with Crippen LogP contribution in [0.4, 0.5) is 0 Å². The third-order valence-electron chi connectivity index (χ3n) is 3.17. The number of aliphatic carboxylic acids is 1. The Morgan fingerprint density at radius 1 is 1.72 bits per heavy atom. The molecule has 18 heavy (non-hydrogen) atoms. The van der Waals surface area contributed by atoms with E-state index in [4.69, 9.17) is 14.6 Å². The molecule has 1 aromatic heterocycles. The SMILES string of the molecule is COCCCn1nccc1[C@H]1OCC[C@H]1C(=O)O. The minimum atomic E-state index is -0.804. The van der Waals surface area contributed by atoms with Crippen LogP contribution < -0.4 is 0 Å². The molecule has 0 unspecified atom stereocenters. The van der Waals surface area contributed by atoms with Gasteiger partial charge in [0.1, 0.15) is 6.10 Å². The number of carboxylic acid groups (broad SMARTS) is 1. The maximum Gasteiger partial charge on any atom is 0.309 e. The molecule has 0 spiro atoms. The van der Waals surface area contributed by atoms with E-state index in [1.54, 1.807) is 13.3 Å². The van der Waals surface area contributed by atoms with Crippen molar-refractivity contribution < 1.29 is 19.4 Å². The molecule has 6 heteroatoms. The lowest BCUT2D eigenvalue weighted by Crippen LogP contribution is -2.20. The van der Waals surface area contributed by atoms with E-state index in [2.05, 4.69) is 5.10 Å². The van der Waals surface area contributed by atoms with E-state index in [9.17, 15) is 4.79 Å². The van der Waals surface area contributed by atoms with E-state index in [1.807, 2.05) is 10.7 Å². The van der Waals surface area contributed by atoms with Crippen LogP contribution in [-0.4, -0.2) is 41.2 Å². The van der Waals surface area contributed by atoms with E-state index in [0.717, 1.165) is 12.1 Å². The van der Waals surface area contributed by atoms with Crippen LogP contribution in [0.2, 0.25) is 0 Å². The molecule has 2 rings (SSSR count). The van der Waals surface area contributed by atoms with Crippen molar-refractivity contribution in [3.05, 3.63) is 18.0 Å². The number of carboxylic acids is 1. The zero-order valence-electron chi connectivity index (χ0n) is 10.4. The maximum absolute atomic E-state index is 11.1. The summed E-state index contributed by atoms with van der Waals surface area (Å²) in [5.74, 6) is -1.27. The third kappa shape index (κ3) is 2.70. The Labute approximate surface area is 106 Å². The summed E-state index contributed by atoms with van der Waals surface area (Å²) in [5.41, 5.74) is 0.844. The molecule has 0 aromatic carbocycles. The predicted molar refractivity (Wildman–Crippen MR) is 63.2 cm³/mol. The Bertz CT molecular complexity index is 405. The molecule has 1 aliphatic rings. The number of hydrogen-bond donors (Lipinski definition) is 1. The molecule has 1 saturated heterocycles. The van der Waals surface area contributed by atoms with Crippen LogP contribution in [0.1, 0.15) is 24.6 Å². The Hall–Kier alpha value is -1.40. The fourth-order valence-electron chi connectivity index (χ4n) is 2.26. The van der Waals surface area contributed by atoms with Crippen molar-refractivity contribution >= 4 is 5.97 Å². The molecule has 6 nitrogen and oxygen atoms in total. The van der Waals surface area contributed by atoms with Crippen LogP contribution in [0.15, 0.2) is 12.3 Å². The van der Waals surface area contributed by atoms with Crippen LogP contribution in [0, 0.1) is 5.92 Å². The van der Waals surface area contributed by atoms with Gasteiger partial charge in [0.15, 0.2) is 0 Å². The van der Waals surface area contributed by atoms with E-state index in [1.165, 1.54) is 0 Å². The summed E-state index contributed by atoms with van der Waals surface area (Å²) >= 11 is 0.